The lowest BCUT2D eigenvalue weighted by Crippen LogP contribution is -2.70. The van der Waals surface area contributed by atoms with Crippen LogP contribution in [0.4, 0.5) is 10.5 Å². The summed E-state index contributed by atoms with van der Waals surface area (Å²) in [7, 11) is 0. The first kappa shape index (κ1) is 18.7. The van der Waals surface area contributed by atoms with Gasteiger partial charge in [0.05, 0.1) is 11.5 Å². The summed E-state index contributed by atoms with van der Waals surface area (Å²) in [5, 5.41) is 6.16. The number of benzene rings is 1. The second kappa shape index (κ2) is 7.53. The first-order valence-electron chi connectivity index (χ1n) is 8.41. The summed E-state index contributed by atoms with van der Waals surface area (Å²) in [6, 6.07) is 8.93. The van der Waals surface area contributed by atoms with E-state index in [1.54, 1.807) is 0 Å². The molecular formula is C18H26ClN3O2. The predicted octanol–water partition coefficient (Wildman–Crippen LogP) is 3.27. The van der Waals surface area contributed by atoms with Gasteiger partial charge in [-0.1, -0.05) is 18.2 Å². The number of para-hydroxylation sites is 1. The number of likely N-dealkylation sites (tertiary alicyclic amines) is 1. The Bertz CT molecular complexity index is 585. The van der Waals surface area contributed by atoms with E-state index in [1.807, 2.05) is 44.2 Å². The standard InChI is InChI=1S/C18H25N3O2.ClH/c1-18(2)15(12-13-8-10-19-11-9-13)16(22)21(18)17(23)20-14-6-4-3-5-7-14;/h3-7,13,15,19H,8-12H2,1-2H3,(H,20,23);1H/t15-;/m0./s1. The normalized spacial score (nSPS) is 23.2. The number of piperidine rings is 1. The van der Waals surface area contributed by atoms with E-state index in [1.165, 1.54) is 4.90 Å². The lowest BCUT2D eigenvalue weighted by molar-refractivity contribution is -0.160. The van der Waals surface area contributed by atoms with Crippen LogP contribution in [-0.4, -0.2) is 35.5 Å². The van der Waals surface area contributed by atoms with E-state index in [0.29, 0.717) is 11.6 Å². The SMILES string of the molecule is CC1(C)[C@@H](CC2CCNCC2)C(=O)N1C(=O)Nc1ccccc1.Cl. The van der Waals surface area contributed by atoms with Crippen molar-refractivity contribution in [2.45, 2.75) is 38.6 Å². The van der Waals surface area contributed by atoms with Crippen molar-refractivity contribution in [3.63, 3.8) is 0 Å². The second-order valence-electron chi connectivity index (χ2n) is 7.11. The van der Waals surface area contributed by atoms with Gasteiger partial charge in [0.15, 0.2) is 0 Å². The molecule has 0 unspecified atom stereocenters. The van der Waals surface area contributed by atoms with E-state index in [2.05, 4.69) is 10.6 Å². The van der Waals surface area contributed by atoms with Gasteiger partial charge in [0.2, 0.25) is 5.91 Å². The van der Waals surface area contributed by atoms with Crippen molar-refractivity contribution in [1.82, 2.24) is 10.2 Å². The van der Waals surface area contributed by atoms with E-state index in [9.17, 15) is 9.59 Å². The Labute approximate surface area is 149 Å². The van der Waals surface area contributed by atoms with E-state index >= 15 is 0 Å². The van der Waals surface area contributed by atoms with Gasteiger partial charge in [-0.2, -0.15) is 0 Å². The Morgan fingerprint density at radius 2 is 1.88 bits per heavy atom. The molecule has 24 heavy (non-hydrogen) atoms. The molecule has 2 N–H and O–H groups in total. The van der Waals surface area contributed by atoms with Crippen LogP contribution in [0.1, 0.15) is 33.1 Å². The number of halogens is 1. The molecule has 0 bridgehead atoms. The number of rotatable bonds is 3. The molecule has 2 aliphatic rings. The van der Waals surface area contributed by atoms with Crippen LogP contribution in [-0.2, 0) is 4.79 Å². The molecule has 5 nitrogen and oxygen atoms in total. The molecular weight excluding hydrogens is 326 g/mol. The second-order valence-corrected chi connectivity index (χ2v) is 7.11. The molecule has 0 saturated carbocycles. The Morgan fingerprint density at radius 1 is 1.25 bits per heavy atom. The maximum atomic E-state index is 12.5. The van der Waals surface area contributed by atoms with Crippen molar-refractivity contribution in [2.24, 2.45) is 11.8 Å². The van der Waals surface area contributed by atoms with Gasteiger partial charge in [-0.15, -0.1) is 12.4 Å². The zero-order valence-corrected chi connectivity index (χ0v) is 15.1. The van der Waals surface area contributed by atoms with Gasteiger partial charge in [0.25, 0.3) is 0 Å². The van der Waals surface area contributed by atoms with E-state index < -0.39 is 5.54 Å². The number of carbonyl (C=O) groups excluding carboxylic acids is 2. The highest BCUT2D eigenvalue weighted by molar-refractivity contribution is 6.07. The molecule has 1 aromatic carbocycles. The average Bonchev–Trinajstić information content (AvgIpc) is 2.54. The summed E-state index contributed by atoms with van der Waals surface area (Å²) in [5.41, 5.74) is 0.295. The minimum absolute atomic E-state index is 0. The fraction of sp³-hybridized carbons (Fsp3) is 0.556. The molecule has 0 spiro atoms. The zero-order valence-electron chi connectivity index (χ0n) is 14.2. The maximum Gasteiger partial charge on any atom is 0.329 e. The van der Waals surface area contributed by atoms with Crippen LogP contribution in [0.2, 0.25) is 0 Å². The Kier molecular flexibility index (Phi) is 5.88. The highest BCUT2D eigenvalue weighted by atomic mass is 35.5. The summed E-state index contributed by atoms with van der Waals surface area (Å²) in [6.45, 7) is 6.05. The number of anilines is 1. The van der Waals surface area contributed by atoms with E-state index in [0.717, 1.165) is 32.4 Å². The van der Waals surface area contributed by atoms with Gasteiger partial charge in [-0.25, -0.2) is 4.79 Å². The summed E-state index contributed by atoms with van der Waals surface area (Å²) < 4.78 is 0. The summed E-state index contributed by atoms with van der Waals surface area (Å²) in [4.78, 5) is 26.4. The molecule has 2 fully saturated rings. The summed E-state index contributed by atoms with van der Waals surface area (Å²) >= 11 is 0. The third-order valence-corrected chi connectivity index (χ3v) is 5.20. The van der Waals surface area contributed by atoms with Crippen molar-refractivity contribution in [1.29, 1.82) is 0 Å². The average molecular weight is 352 g/mol. The highest BCUT2D eigenvalue weighted by Gasteiger charge is 2.57. The fourth-order valence-corrected chi connectivity index (χ4v) is 3.73. The monoisotopic (exact) mass is 351 g/mol. The topological polar surface area (TPSA) is 61.4 Å². The molecule has 6 heteroatoms. The first-order valence-corrected chi connectivity index (χ1v) is 8.41. The van der Waals surface area contributed by atoms with Crippen LogP contribution in [0.25, 0.3) is 0 Å². The minimum Gasteiger partial charge on any atom is -0.317 e. The smallest absolute Gasteiger partial charge is 0.317 e. The molecule has 2 aliphatic heterocycles. The Balaban J connectivity index is 0.00000208. The van der Waals surface area contributed by atoms with Gasteiger partial charge in [0.1, 0.15) is 0 Å². The molecule has 2 heterocycles. The minimum atomic E-state index is -0.416. The molecule has 132 valence electrons. The quantitative estimate of drug-likeness (QED) is 0.821. The Morgan fingerprint density at radius 3 is 2.46 bits per heavy atom. The number of urea groups is 1. The van der Waals surface area contributed by atoms with Crippen LogP contribution >= 0.6 is 12.4 Å². The third-order valence-electron chi connectivity index (χ3n) is 5.20. The van der Waals surface area contributed by atoms with E-state index in [-0.39, 0.29) is 30.3 Å². The molecule has 0 aromatic heterocycles. The number of nitrogens with one attached hydrogen (secondary N) is 2. The van der Waals surface area contributed by atoms with Crippen LogP contribution in [0.3, 0.4) is 0 Å². The number of hydrogen-bond acceptors (Lipinski definition) is 3. The third kappa shape index (κ3) is 3.57. The van der Waals surface area contributed by atoms with Gasteiger partial charge in [-0.05, 0) is 64.3 Å². The van der Waals surface area contributed by atoms with Crippen molar-refractivity contribution >= 4 is 30.0 Å². The zero-order chi connectivity index (χ0) is 16.4. The maximum absolute atomic E-state index is 12.5. The van der Waals surface area contributed by atoms with Crippen molar-refractivity contribution in [2.75, 3.05) is 18.4 Å². The van der Waals surface area contributed by atoms with Crippen molar-refractivity contribution in [3.8, 4) is 0 Å². The number of β-lactam (4-membered cyclic amide) rings is 1. The number of carbonyl (C=O) groups is 2. The number of nitrogens with zero attached hydrogens (tertiary/aromatic N) is 1. The predicted molar refractivity (Wildman–Crippen MR) is 97.3 cm³/mol. The van der Waals surface area contributed by atoms with Crippen molar-refractivity contribution in [3.05, 3.63) is 30.3 Å². The lowest BCUT2D eigenvalue weighted by atomic mass is 9.70. The molecule has 2 saturated heterocycles. The lowest BCUT2D eigenvalue weighted by Gasteiger charge is -2.53. The fourth-order valence-electron chi connectivity index (χ4n) is 3.73. The van der Waals surface area contributed by atoms with Crippen molar-refractivity contribution < 1.29 is 9.59 Å². The number of imide groups is 1. The van der Waals surface area contributed by atoms with Crippen LogP contribution in [0.15, 0.2) is 30.3 Å². The van der Waals surface area contributed by atoms with Crippen LogP contribution < -0.4 is 10.6 Å². The van der Waals surface area contributed by atoms with E-state index in [4.69, 9.17) is 0 Å². The van der Waals surface area contributed by atoms with Crippen LogP contribution in [0, 0.1) is 11.8 Å². The van der Waals surface area contributed by atoms with Crippen LogP contribution in [0.5, 0.6) is 0 Å². The van der Waals surface area contributed by atoms with Gasteiger partial charge >= 0.3 is 6.03 Å². The molecule has 3 amide bonds. The largest absolute Gasteiger partial charge is 0.329 e. The summed E-state index contributed by atoms with van der Waals surface area (Å²) in [6.07, 6.45) is 3.13. The van der Waals surface area contributed by atoms with Gasteiger partial charge in [0, 0.05) is 5.69 Å². The summed E-state index contributed by atoms with van der Waals surface area (Å²) in [5.74, 6) is 0.498. The number of hydrogen-bond donors (Lipinski definition) is 2. The molecule has 3 rings (SSSR count). The molecule has 1 aromatic rings. The van der Waals surface area contributed by atoms with Gasteiger partial charge < -0.3 is 10.6 Å². The highest BCUT2D eigenvalue weighted by Crippen LogP contribution is 2.42. The Hall–Kier alpha value is -1.59. The first-order chi connectivity index (χ1) is 11.0. The van der Waals surface area contributed by atoms with Gasteiger partial charge in [-0.3, -0.25) is 9.69 Å². The molecule has 0 aliphatic carbocycles. The number of amides is 3. The molecule has 1 atom stereocenters. The molecule has 0 radical (unpaired) electrons.